The Morgan fingerprint density at radius 3 is 1.59 bits per heavy atom. The number of benzene rings is 1. The van der Waals surface area contributed by atoms with E-state index in [0.29, 0.717) is 11.8 Å². The Bertz CT molecular complexity index is 836. The van der Waals surface area contributed by atoms with Crippen LogP contribution in [-0.4, -0.2) is 10.2 Å². The van der Waals surface area contributed by atoms with Crippen molar-refractivity contribution in [1.82, 2.24) is 0 Å². The van der Waals surface area contributed by atoms with Gasteiger partial charge in [0.25, 0.3) is 0 Å². The lowest BCUT2D eigenvalue weighted by atomic mass is 9.71. The molecule has 1 aromatic carbocycles. The van der Waals surface area contributed by atoms with Crippen LogP contribution >= 0.6 is 22.6 Å². The van der Waals surface area contributed by atoms with Crippen molar-refractivity contribution in [3.05, 3.63) is 68.4 Å². The van der Waals surface area contributed by atoms with Gasteiger partial charge in [0.2, 0.25) is 0 Å². The maximum Gasteiger partial charge on any atom is 0.124 e. The summed E-state index contributed by atoms with van der Waals surface area (Å²) >= 11 is 2.34. The average molecular weight is 504 g/mol. The third-order valence-corrected chi connectivity index (χ3v) is 7.89. The SMILES string of the molecule is C=C(C)[C@@H]1CCC(C)=C[C@H]1c1c(O)cc(O)c([C@@H]2C=C(C)CC[C@H]2C(=C)C)c1I. The Morgan fingerprint density at radius 1 is 0.862 bits per heavy atom. The first-order valence-electron chi connectivity index (χ1n) is 10.5. The third kappa shape index (κ3) is 4.35. The summed E-state index contributed by atoms with van der Waals surface area (Å²) in [5.74, 6) is 1.14. The molecule has 2 aliphatic rings. The van der Waals surface area contributed by atoms with Gasteiger partial charge in [-0.25, -0.2) is 0 Å². The maximum atomic E-state index is 10.9. The monoisotopic (exact) mass is 504 g/mol. The molecule has 3 rings (SSSR count). The molecule has 29 heavy (non-hydrogen) atoms. The van der Waals surface area contributed by atoms with E-state index in [1.807, 2.05) is 0 Å². The first kappa shape index (κ1) is 22.2. The average Bonchev–Trinajstić information content (AvgIpc) is 2.61. The Hall–Kier alpha value is -1.49. The van der Waals surface area contributed by atoms with Gasteiger partial charge in [-0.1, -0.05) is 47.6 Å². The minimum Gasteiger partial charge on any atom is -0.507 e. The lowest BCUT2D eigenvalue weighted by Crippen LogP contribution is -2.21. The number of hydrogen-bond acceptors (Lipinski definition) is 2. The van der Waals surface area contributed by atoms with E-state index in [1.165, 1.54) is 11.1 Å². The minimum absolute atomic E-state index is 0.0874. The zero-order chi connectivity index (χ0) is 21.5. The first-order chi connectivity index (χ1) is 13.6. The van der Waals surface area contributed by atoms with Gasteiger partial charge in [0.1, 0.15) is 11.5 Å². The molecule has 2 aliphatic carbocycles. The normalized spacial score (nSPS) is 27.2. The Morgan fingerprint density at radius 2 is 1.24 bits per heavy atom. The Kier molecular flexibility index (Phi) is 6.67. The van der Waals surface area contributed by atoms with E-state index >= 15 is 0 Å². The number of phenolic OH excluding ortho intramolecular Hbond substituents is 2. The molecule has 156 valence electrons. The van der Waals surface area contributed by atoms with Crippen molar-refractivity contribution in [2.75, 3.05) is 0 Å². The summed E-state index contributed by atoms with van der Waals surface area (Å²) in [5, 5.41) is 21.8. The number of allylic oxidation sites excluding steroid dienone is 6. The van der Waals surface area contributed by atoms with Crippen molar-refractivity contribution >= 4 is 22.6 Å². The molecule has 2 nitrogen and oxygen atoms in total. The standard InChI is InChI=1S/C26H33IO2/c1-14(2)18-9-7-16(5)11-20(18)24-22(28)13-23(29)25(26(24)27)21-12-17(6)8-10-19(21)15(3)4/h11-13,18-21,28-29H,1,3,7-10H2,2,4-6H3/t18-,19-,20+,21+/m0/s1. The highest BCUT2D eigenvalue weighted by Gasteiger charge is 2.35. The second kappa shape index (κ2) is 8.71. The van der Waals surface area contributed by atoms with Gasteiger partial charge >= 0.3 is 0 Å². The minimum atomic E-state index is 0.0874. The van der Waals surface area contributed by atoms with Crippen LogP contribution in [0.5, 0.6) is 11.5 Å². The summed E-state index contributed by atoms with van der Waals surface area (Å²) in [6.07, 6.45) is 8.81. The third-order valence-electron chi connectivity index (χ3n) is 6.73. The van der Waals surface area contributed by atoms with E-state index < -0.39 is 0 Å². The molecule has 0 saturated carbocycles. The van der Waals surface area contributed by atoms with Crippen molar-refractivity contribution in [2.24, 2.45) is 11.8 Å². The van der Waals surface area contributed by atoms with Gasteiger partial charge in [0.15, 0.2) is 0 Å². The van der Waals surface area contributed by atoms with Crippen molar-refractivity contribution in [3.63, 3.8) is 0 Å². The molecule has 2 N–H and O–H groups in total. The van der Waals surface area contributed by atoms with Gasteiger partial charge < -0.3 is 10.2 Å². The van der Waals surface area contributed by atoms with Gasteiger partial charge in [-0.2, -0.15) is 0 Å². The maximum absolute atomic E-state index is 10.9. The van der Waals surface area contributed by atoms with E-state index in [1.54, 1.807) is 6.07 Å². The van der Waals surface area contributed by atoms with Crippen LogP contribution in [0.3, 0.4) is 0 Å². The fourth-order valence-corrected chi connectivity index (χ4v) is 6.37. The zero-order valence-electron chi connectivity index (χ0n) is 18.1. The summed E-state index contributed by atoms with van der Waals surface area (Å²) < 4.78 is 0.976. The van der Waals surface area contributed by atoms with Crippen molar-refractivity contribution in [3.8, 4) is 11.5 Å². The van der Waals surface area contributed by atoms with Crippen LogP contribution in [0.25, 0.3) is 0 Å². The van der Waals surface area contributed by atoms with Crippen LogP contribution < -0.4 is 0 Å². The quantitative estimate of drug-likeness (QED) is 0.325. The summed E-state index contributed by atoms with van der Waals surface area (Å²) in [6.45, 7) is 17.0. The van der Waals surface area contributed by atoms with Crippen molar-refractivity contribution < 1.29 is 10.2 Å². The van der Waals surface area contributed by atoms with E-state index in [0.717, 1.165) is 51.5 Å². The molecular formula is C26H33IO2. The van der Waals surface area contributed by atoms with Crippen LogP contribution in [0.15, 0.2) is 53.7 Å². The van der Waals surface area contributed by atoms with Gasteiger partial charge in [-0.3, -0.25) is 0 Å². The van der Waals surface area contributed by atoms with Gasteiger partial charge in [-0.05, 0) is 87.8 Å². The fourth-order valence-electron chi connectivity index (χ4n) is 5.10. The molecule has 0 aliphatic heterocycles. The zero-order valence-corrected chi connectivity index (χ0v) is 20.2. The molecule has 0 fully saturated rings. The highest BCUT2D eigenvalue weighted by molar-refractivity contribution is 14.1. The van der Waals surface area contributed by atoms with Gasteiger partial charge in [0.05, 0.1) is 0 Å². The topological polar surface area (TPSA) is 40.5 Å². The molecule has 0 bridgehead atoms. The largest absolute Gasteiger partial charge is 0.507 e. The van der Waals surface area contributed by atoms with Gasteiger partial charge in [-0.15, -0.1) is 0 Å². The number of aromatic hydroxyl groups is 2. The molecule has 1 aromatic rings. The van der Waals surface area contributed by atoms with E-state index in [4.69, 9.17) is 0 Å². The number of phenols is 2. The van der Waals surface area contributed by atoms with E-state index in [2.05, 4.69) is 75.6 Å². The summed E-state index contributed by atoms with van der Waals surface area (Å²) in [7, 11) is 0. The fraction of sp³-hybridized carbons (Fsp3) is 0.462. The lowest BCUT2D eigenvalue weighted by molar-refractivity contribution is 0.410. The summed E-state index contributed by atoms with van der Waals surface area (Å²) in [6, 6.07) is 1.55. The summed E-state index contributed by atoms with van der Waals surface area (Å²) in [4.78, 5) is 0. The highest BCUT2D eigenvalue weighted by Crippen LogP contribution is 2.51. The molecule has 0 radical (unpaired) electrons. The van der Waals surface area contributed by atoms with Crippen LogP contribution in [0.1, 0.15) is 76.3 Å². The van der Waals surface area contributed by atoms with Crippen LogP contribution in [0.4, 0.5) is 0 Å². The van der Waals surface area contributed by atoms with Crippen molar-refractivity contribution in [1.29, 1.82) is 0 Å². The van der Waals surface area contributed by atoms with Gasteiger partial charge in [0, 0.05) is 32.6 Å². The Balaban J connectivity index is 2.21. The molecule has 0 saturated heterocycles. The van der Waals surface area contributed by atoms with Crippen LogP contribution in [0, 0.1) is 15.4 Å². The molecule has 0 unspecified atom stereocenters. The van der Waals surface area contributed by atoms with Crippen molar-refractivity contribution in [2.45, 2.75) is 65.2 Å². The number of hydrogen-bond donors (Lipinski definition) is 2. The Labute approximate surface area is 189 Å². The molecule has 0 aromatic heterocycles. The second-order valence-electron chi connectivity index (χ2n) is 9.12. The van der Waals surface area contributed by atoms with E-state index in [9.17, 15) is 10.2 Å². The van der Waals surface area contributed by atoms with Crippen LogP contribution in [-0.2, 0) is 0 Å². The molecule has 0 heterocycles. The molecule has 0 amide bonds. The molecule has 0 spiro atoms. The molecular weight excluding hydrogens is 471 g/mol. The van der Waals surface area contributed by atoms with Crippen LogP contribution in [0.2, 0.25) is 0 Å². The summed E-state index contributed by atoms with van der Waals surface area (Å²) in [5.41, 5.74) is 6.87. The molecule has 3 heteroatoms. The second-order valence-corrected chi connectivity index (χ2v) is 10.2. The predicted molar refractivity (Wildman–Crippen MR) is 131 cm³/mol. The predicted octanol–water partition coefficient (Wildman–Crippen LogP) is 7.73. The number of halogens is 1. The smallest absolute Gasteiger partial charge is 0.124 e. The lowest BCUT2D eigenvalue weighted by Gasteiger charge is -2.35. The number of rotatable bonds is 4. The highest BCUT2D eigenvalue weighted by atomic mass is 127. The first-order valence-corrected chi connectivity index (χ1v) is 11.6. The van der Waals surface area contributed by atoms with E-state index in [-0.39, 0.29) is 23.3 Å². The molecule has 4 atom stereocenters.